The highest BCUT2D eigenvalue weighted by molar-refractivity contribution is 6.31. The van der Waals surface area contributed by atoms with Crippen LogP contribution in [0.15, 0.2) is 18.2 Å². The third kappa shape index (κ3) is 5.73. The molecule has 0 radical (unpaired) electrons. The fourth-order valence-electron chi connectivity index (χ4n) is 1.57. The molecule has 0 amide bonds. The number of carbonyl (C=O) groups is 1. The number of rotatable bonds is 7. The Labute approximate surface area is 118 Å². The van der Waals surface area contributed by atoms with E-state index in [0.717, 1.165) is 18.5 Å². The molecule has 0 saturated heterocycles. The molecule has 0 aliphatic rings. The average molecular weight is 281 g/mol. The van der Waals surface area contributed by atoms with Gasteiger partial charge in [0.1, 0.15) is 0 Å². The molecule has 4 nitrogen and oxygen atoms in total. The molecule has 5 heteroatoms. The van der Waals surface area contributed by atoms with E-state index in [1.807, 2.05) is 12.1 Å². The highest BCUT2D eigenvalue weighted by Gasteiger charge is 2.03. The lowest BCUT2D eigenvalue weighted by Crippen LogP contribution is -2.16. The van der Waals surface area contributed by atoms with Crippen molar-refractivity contribution < 1.29 is 9.53 Å². The molecule has 0 atom stereocenters. The SMILES string of the molecule is CCOC(=O)CCCNCc1ccc(C#N)cc1Cl. The van der Waals surface area contributed by atoms with Gasteiger partial charge in [-0.3, -0.25) is 4.79 Å². The Kier molecular flexibility index (Phi) is 6.94. The summed E-state index contributed by atoms with van der Waals surface area (Å²) < 4.78 is 4.83. The van der Waals surface area contributed by atoms with Gasteiger partial charge in [0.15, 0.2) is 0 Å². The number of nitrogens with one attached hydrogen (secondary N) is 1. The number of nitrogens with zero attached hydrogens (tertiary/aromatic N) is 1. The van der Waals surface area contributed by atoms with Gasteiger partial charge in [-0.25, -0.2) is 0 Å². The normalized spacial score (nSPS) is 9.95. The van der Waals surface area contributed by atoms with Crippen molar-refractivity contribution in [2.75, 3.05) is 13.2 Å². The zero-order valence-corrected chi connectivity index (χ0v) is 11.7. The summed E-state index contributed by atoms with van der Waals surface area (Å²) in [6.45, 7) is 3.55. The maximum Gasteiger partial charge on any atom is 0.305 e. The summed E-state index contributed by atoms with van der Waals surface area (Å²) >= 11 is 6.05. The first-order valence-corrected chi connectivity index (χ1v) is 6.60. The second-order valence-corrected chi connectivity index (χ2v) is 4.41. The second kappa shape index (κ2) is 8.52. The summed E-state index contributed by atoms with van der Waals surface area (Å²) in [5.74, 6) is -0.166. The first-order chi connectivity index (χ1) is 9.17. The number of ether oxygens (including phenoxy) is 1. The molecular formula is C14H17ClN2O2. The van der Waals surface area contributed by atoms with Crippen LogP contribution in [-0.4, -0.2) is 19.1 Å². The molecule has 0 spiro atoms. The maximum absolute atomic E-state index is 11.1. The van der Waals surface area contributed by atoms with Crippen molar-refractivity contribution in [3.63, 3.8) is 0 Å². The smallest absolute Gasteiger partial charge is 0.305 e. The number of hydrogen-bond donors (Lipinski definition) is 1. The lowest BCUT2D eigenvalue weighted by atomic mass is 10.1. The molecule has 1 rings (SSSR count). The third-order valence-corrected chi connectivity index (χ3v) is 2.89. The minimum atomic E-state index is -0.166. The van der Waals surface area contributed by atoms with Crippen LogP contribution in [0.1, 0.15) is 30.9 Å². The van der Waals surface area contributed by atoms with Crippen molar-refractivity contribution in [3.8, 4) is 6.07 Å². The Bertz CT molecular complexity index is 469. The average Bonchev–Trinajstić information content (AvgIpc) is 2.40. The van der Waals surface area contributed by atoms with Gasteiger partial charge in [-0.15, -0.1) is 0 Å². The highest BCUT2D eigenvalue weighted by atomic mass is 35.5. The van der Waals surface area contributed by atoms with E-state index >= 15 is 0 Å². The van der Waals surface area contributed by atoms with E-state index in [0.29, 0.717) is 30.2 Å². The van der Waals surface area contributed by atoms with Crippen molar-refractivity contribution in [1.82, 2.24) is 5.32 Å². The Hall–Kier alpha value is -1.57. The van der Waals surface area contributed by atoms with Gasteiger partial charge >= 0.3 is 5.97 Å². The minimum Gasteiger partial charge on any atom is -0.466 e. The molecule has 0 aliphatic heterocycles. The number of esters is 1. The van der Waals surface area contributed by atoms with Crippen molar-refractivity contribution in [3.05, 3.63) is 34.3 Å². The van der Waals surface area contributed by atoms with E-state index in [-0.39, 0.29) is 5.97 Å². The van der Waals surface area contributed by atoms with Crippen LogP contribution < -0.4 is 5.32 Å². The molecule has 19 heavy (non-hydrogen) atoms. The number of benzene rings is 1. The largest absolute Gasteiger partial charge is 0.466 e. The molecule has 0 aliphatic carbocycles. The molecule has 0 unspecified atom stereocenters. The van der Waals surface area contributed by atoms with Crippen LogP contribution in [0.3, 0.4) is 0 Å². The molecule has 1 aromatic rings. The standard InChI is InChI=1S/C14H17ClN2O2/c1-2-19-14(18)4-3-7-17-10-12-6-5-11(9-16)8-13(12)15/h5-6,8,17H,2-4,7,10H2,1H3. The summed E-state index contributed by atoms with van der Waals surface area (Å²) in [5.41, 5.74) is 1.49. The van der Waals surface area contributed by atoms with Gasteiger partial charge in [0, 0.05) is 18.0 Å². The van der Waals surface area contributed by atoms with Gasteiger partial charge in [0.05, 0.1) is 18.2 Å². The molecule has 0 bridgehead atoms. The van der Waals surface area contributed by atoms with Gasteiger partial charge in [0.2, 0.25) is 0 Å². The van der Waals surface area contributed by atoms with Crippen LogP contribution in [0.2, 0.25) is 5.02 Å². The predicted molar refractivity (Wildman–Crippen MR) is 73.7 cm³/mol. The van der Waals surface area contributed by atoms with Crippen molar-refractivity contribution in [2.45, 2.75) is 26.3 Å². The molecule has 0 heterocycles. The zero-order valence-electron chi connectivity index (χ0n) is 10.9. The van der Waals surface area contributed by atoms with E-state index < -0.39 is 0 Å². The quantitative estimate of drug-likeness (QED) is 0.616. The van der Waals surface area contributed by atoms with Gasteiger partial charge in [0.25, 0.3) is 0 Å². The van der Waals surface area contributed by atoms with Crippen LogP contribution in [0.5, 0.6) is 0 Å². The van der Waals surface area contributed by atoms with Crippen molar-refractivity contribution in [2.24, 2.45) is 0 Å². The van der Waals surface area contributed by atoms with Crippen LogP contribution >= 0.6 is 11.6 Å². The lowest BCUT2D eigenvalue weighted by Gasteiger charge is -2.07. The van der Waals surface area contributed by atoms with E-state index in [9.17, 15) is 4.79 Å². The van der Waals surface area contributed by atoms with Crippen molar-refractivity contribution in [1.29, 1.82) is 5.26 Å². The number of carbonyl (C=O) groups excluding carboxylic acids is 1. The summed E-state index contributed by atoms with van der Waals surface area (Å²) in [4.78, 5) is 11.1. The fourth-order valence-corrected chi connectivity index (χ4v) is 1.82. The Morgan fingerprint density at radius 3 is 2.95 bits per heavy atom. The fraction of sp³-hybridized carbons (Fsp3) is 0.429. The Balaban J connectivity index is 2.26. The maximum atomic E-state index is 11.1. The Morgan fingerprint density at radius 2 is 2.32 bits per heavy atom. The summed E-state index contributed by atoms with van der Waals surface area (Å²) in [6, 6.07) is 7.26. The zero-order chi connectivity index (χ0) is 14.1. The number of halogens is 1. The highest BCUT2D eigenvalue weighted by Crippen LogP contribution is 2.17. The van der Waals surface area contributed by atoms with E-state index in [2.05, 4.69) is 5.32 Å². The van der Waals surface area contributed by atoms with Gasteiger partial charge in [-0.1, -0.05) is 17.7 Å². The van der Waals surface area contributed by atoms with Crippen LogP contribution in [0.25, 0.3) is 0 Å². The van der Waals surface area contributed by atoms with Gasteiger partial charge in [-0.05, 0) is 37.6 Å². The molecule has 1 N–H and O–H groups in total. The van der Waals surface area contributed by atoms with Crippen LogP contribution in [-0.2, 0) is 16.1 Å². The van der Waals surface area contributed by atoms with E-state index in [1.54, 1.807) is 19.1 Å². The molecular weight excluding hydrogens is 264 g/mol. The molecule has 0 fully saturated rings. The van der Waals surface area contributed by atoms with Gasteiger partial charge in [-0.2, -0.15) is 5.26 Å². The monoisotopic (exact) mass is 280 g/mol. The molecule has 102 valence electrons. The second-order valence-electron chi connectivity index (χ2n) is 4.00. The topological polar surface area (TPSA) is 62.1 Å². The number of nitriles is 1. The van der Waals surface area contributed by atoms with Crippen LogP contribution in [0.4, 0.5) is 0 Å². The predicted octanol–water partition coefficient (Wildman–Crippen LogP) is 2.64. The number of hydrogen-bond acceptors (Lipinski definition) is 4. The molecule has 0 saturated carbocycles. The van der Waals surface area contributed by atoms with Gasteiger partial charge < -0.3 is 10.1 Å². The summed E-state index contributed by atoms with van der Waals surface area (Å²) in [5, 5.41) is 12.5. The molecule has 0 aromatic heterocycles. The first kappa shape index (κ1) is 15.5. The Morgan fingerprint density at radius 1 is 1.53 bits per heavy atom. The lowest BCUT2D eigenvalue weighted by molar-refractivity contribution is -0.143. The molecule has 1 aromatic carbocycles. The van der Waals surface area contributed by atoms with Crippen molar-refractivity contribution >= 4 is 17.6 Å². The van der Waals surface area contributed by atoms with E-state index in [4.69, 9.17) is 21.6 Å². The minimum absolute atomic E-state index is 0.166. The van der Waals surface area contributed by atoms with E-state index in [1.165, 1.54) is 0 Å². The van der Waals surface area contributed by atoms with Crippen LogP contribution in [0, 0.1) is 11.3 Å². The third-order valence-electron chi connectivity index (χ3n) is 2.54. The summed E-state index contributed by atoms with van der Waals surface area (Å²) in [6.07, 6.45) is 1.15. The first-order valence-electron chi connectivity index (χ1n) is 6.22. The summed E-state index contributed by atoms with van der Waals surface area (Å²) in [7, 11) is 0.